The molecular formula is C25H27Cl2FN2O3S2. The van der Waals surface area contributed by atoms with Gasteiger partial charge in [-0.15, -0.1) is 11.3 Å². The smallest absolute Gasteiger partial charge is 0.245 e. The number of benzene rings is 2. The predicted molar refractivity (Wildman–Crippen MR) is 140 cm³/mol. The first-order valence-corrected chi connectivity index (χ1v) is 14.1. The first kappa shape index (κ1) is 27.6. The highest BCUT2D eigenvalue weighted by Crippen LogP contribution is 2.29. The van der Waals surface area contributed by atoms with Crippen molar-refractivity contribution in [3.63, 3.8) is 0 Å². The third-order valence-corrected chi connectivity index (χ3v) is 9.48. The molecular weight excluding hydrogens is 530 g/mol. The van der Waals surface area contributed by atoms with E-state index >= 15 is 0 Å². The van der Waals surface area contributed by atoms with Gasteiger partial charge in [-0.05, 0) is 73.2 Å². The fourth-order valence-corrected chi connectivity index (χ4v) is 6.81. The zero-order valence-electron chi connectivity index (χ0n) is 19.7. The molecule has 0 aliphatic carbocycles. The summed E-state index contributed by atoms with van der Waals surface area (Å²) >= 11 is 13.8. The van der Waals surface area contributed by atoms with E-state index in [1.54, 1.807) is 24.0 Å². The normalized spacial score (nSPS) is 12.7. The maximum absolute atomic E-state index is 13.6. The molecule has 0 fully saturated rings. The van der Waals surface area contributed by atoms with E-state index in [-0.39, 0.29) is 39.8 Å². The monoisotopic (exact) mass is 556 g/mol. The lowest BCUT2D eigenvalue weighted by atomic mass is 10.2. The lowest BCUT2D eigenvalue weighted by molar-refractivity contribution is -0.133. The third-order valence-electron chi connectivity index (χ3n) is 5.80. The van der Waals surface area contributed by atoms with E-state index < -0.39 is 16.1 Å². The van der Waals surface area contributed by atoms with E-state index in [9.17, 15) is 17.6 Å². The fourth-order valence-electron chi connectivity index (χ4n) is 3.50. The Bertz CT molecular complexity index is 1280. The highest BCUT2D eigenvalue weighted by Gasteiger charge is 2.33. The van der Waals surface area contributed by atoms with Gasteiger partial charge in [0.05, 0.1) is 18.1 Å². The Hall–Kier alpha value is -1.97. The van der Waals surface area contributed by atoms with E-state index in [0.29, 0.717) is 13.0 Å². The minimum absolute atomic E-state index is 0.0348. The van der Waals surface area contributed by atoms with Crippen molar-refractivity contribution >= 4 is 50.5 Å². The van der Waals surface area contributed by atoms with E-state index in [2.05, 4.69) is 0 Å². The average Bonchev–Trinajstić information content (AvgIpc) is 3.23. The van der Waals surface area contributed by atoms with Crippen molar-refractivity contribution in [3.8, 4) is 0 Å². The maximum atomic E-state index is 13.6. The van der Waals surface area contributed by atoms with Gasteiger partial charge < -0.3 is 4.90 Å². The topological polar surface area (TPSA) is 57.7 Å². The molecule has 0 aliphatic heterocycles. The quantitative estimate of drug-likeness (QED) is 0.285. The Labute approximate surface area is 220 Å². The second-order valence-electron chi connectivity index (χ2n) is 8.29. The van der Waals surface area contributed by atoms with Crippen LogP contribution >= 0.6 is 34.5 Å². The molecule has 0 saturated heterocycles. The Kier molecular flexibility index (Phi) is 9.34. The maximum Gasteiger partial charge on any atom is 0.245 e. The third kappa shape index (κ3) is 6.83. The van der Waals surface area contributed by atoms with Gasteiger partial charge in [0.2, 0.25) is 15.9 Å². The number of carbonyl (C=O) groups excluding carboxylic acids is 1. The van der Waals surface area contributed by atoms with Gasteiger partial charge in [0, 0.05) is 22.5 Å². The van der Waals surface area contributed by atoms with Gasteiger partial charge in [0.1, 0.15) is 10.7 Å². The number of rotatable bonds is 10. The van der Waals surface area contributed by atoms with E-state index in [1.165, 1.54) is 46.0 Å². The Morgan fingerprint density at radius 2 is 1.77 bits per heavy atom. The molecule has 3 rings (SSSR count). The van der Waals surface area contributed by atoms with Crippen LogP contribution in [0.3, 0.4) is 0 Å². The molecule has 10 heteroatoms. The summed E-state index contributed by atoms with van der Waals surface area (Å²) in [6, 6.07) is 11.6. The standard InChI is InChI=1S/C25H27Cl2FN2O3S2/c1-4-18(3)30(35(32,33)24-13-20(26)7-10-22(24)27)16-25(31)29(15-23-17(2)11-12-34-23)14-19-5-8-21(28)9-6-19/h5-13,18H,4,14-16H2,1-3H3. The van der Waals surface area contributed by atoms with Crippen LogP contribution in [-0.2, 0) is 27.9 Å². The molecule has 1 atom stereocenters. The highest BCUT2D eigenvalue weighted by molar-refractivity contribution is 7.89. The number of amides is 1. The first-order valence-electron chi connectivity index (χ1n) is 11.0. The van der Waals surface area contributed by atoms with Crippen molar-refractivity contribution in [2.24, 2.45) is 0 Å². The molecule has 0 aliphatic rings. The molecule has 1 unspecified atom stereocenters. The average molecular weight is 558 g/mol. The number of nitrogens with zero attached hydrogens (tertiary/aromatic N) is 2. The summed E-state index contributed by atoms with van der Waals surface area (Å²) in [6.07, 6.45) is 0.493. The minimum atomic E-state index is -4.12. The van der Waals surface area contributed by atoms with Crippen molar-refractivity contribution in [2.45, 2.75) is 51.2 Å². The molecule has 0 radical (unpaired) electrons. The zero-order valence-corrected chi connectivity index (χ0v) is 22.8. The van der Waals surface area contributed by atoms with Crippen LogP contribution in [0.4, 0.5) is 4.39 Å². The van der Waals surface area contributed by atoms with Gasteiger partial charge in [0.15, 0.2) is 0 Å². The van der Waals surface area contributed by atoms with Crippen molar-refractivity contribution in [2.75, 3.05) is 6.54 Å². The molecule has 3 aromatic rings. The molecule has 1 aromatic heterocycles. The first-order chi connectivity index (χ1) is 16.5. The van der Waals surface area contributed by atoms with Gasteiger partial charge in [-0.2, -0.15) is 4.31 Å². The van der Waals surface area contributed by atoms with Crippen molar-refractivity contribution in [3.05, 3.63) is 85.8 Å². The summed E-state index contributed by atoms with van der Waals surface area (Å²) in [4.78, 5) is 16.1. The second-order valence-corrected chi connectivity index (χ2v) is 12.0. The fraction of sp³-hybridized carbons (Fsp3) is 0.320. The van der Waals surface area contributed by atoms with Gasteiger partial charge >= 0.3 is 0 Å². The second kappa shape index (κ2) is 11.8. The van der Waals surface area contributed by atoms with Gasteiger partial charge in [-0.25, -0.2) is 12.8 Å². The van der Waals surface area contributed by atoms with E-state index in [1.807, 2.05) is 25.3 Å². The van der Waals surface area contributed by atoms with E-state index in [0.717, 1.165) is 16.0 Å². The molecule has 0 saturated carbocycles. The molecule has 5 nitrogen and oxygen atoms in total. The molecule has 1 heterocycles. The number of carbonyl (C=O) groups is 1. The molecule has 2 aromatic carbocycles. The lowest BCUT2D eigenvalue weighted by Crippen LogP contribution is -2.46. The molecule has 0 N–H and O–H groups in total. The zero-order chi connectivity index (χ0) is 25.8. The summed E-state index contributed by atoms with van der Waals surface area (Å²) in [5.74, 6) is -0.739. The number of halogens is 3. The number of hydrogen-bond acceptors (Lipinski definition) is 4. The van der Waals surface area contributed by atoms with Gasteiger partial charge in [-0.3, -0.25) is 4.79 Å². The van der Waals surface area contributed by atoms with Crippen LogP contribution in [0.2, 0.25) is 10.0 Å². The SMILES string of the molecule is CCC(C)N(CC(=O)N(Cc1ccc(F)cc1)Cc1sccc1C)S(=O)(=O)c1cc(Cl)ccc1Cl. The highest BCUT2D eigenvalue weighted by atomic mass is 35.5. The summed E-state index contributed by atoms with van der Waals surface area (Å²) in [6.45, 7) is 5.71. The molecule has 1 amide bonds. The van der Waals surface area contributed by atoms with Crippen molar-refractivity contribution < 1.29 is 17.6 Å². The largest absolute Gasteiger partial charge is 0.332 e. The number of sulfonamides is 1. The summed E-state index contributed by atoms with van der Waals surface area (Å²) < 4.78 is 41.8. The summed E-state index contributed by atoms with van der Waals surface area (Å²) in [7, 11) is -4.12. The van der Waals surface area contributed by atoms with Crippen LogP contribution in [0, 0.1) is 12.7 Å². The van der Waals surface area contributed by atoms with Gasteiger partial charge in [-0.1, -0.05) is 42.3 Å². The Morgan fingerprint density at radius 3 is 2.37 bits per heavy atom. The van der Waals surface area contributed by atoms with E-state index in [4.69, 9.17) is 23.2 Å². The molecule has 0 bridgehead atoms. The van der Waals surface area contributed by atoms with Crippen LogP contribution in [0.5, 0.6) is 0 Å². The number of thiophene rings is 1. The lowest BCUT2D eigenvalue weighted by Gasteiger charge is -2.31. The molecule has 0 spiro atoms. The van der Waals surface area contributed by atoms with Crippen LogP contribution in [-0.4, -0.2) is 36.1 Å². The number of hydrogen-bond donors (Lipinski definition) is 0. The van der Waals surface area contributed by atoms with Crippen LogP contribution in [0.15, 0.2) is 58.8 Å². The summed E-state index contributed by atoms with van der Waals surface area (Å²) in [5.41, 5.74) is 1.79. The predicted octanol–water partition coefficient (Wildman–Crippen LogP) is 6.52. The molecule has 35 heavy (non-hydrogen) atoms. The Morgan fingerprint density at radius 1 is 1.09 bits per heavy atom. The van der Waals surface area contributed by atoms with Crippen LogP contribution in [0.25, 0.3) is 0 Å². The minimum Gasteiger partial charge on any atom is -0.332 e. The molecule has 188 valence electrons. The van der Waals surface area contributed by atoms with Crippen molar-refractivity contribution in [1.82, 2.24) is 9.21 Å². The summed E-state index contributed by atoms with van der Waals surface area (Å²) in [5, 5.41) is 2.21. The van der Waals surface area contributed by atoms with Crippen molar-refractivity contribution in [1.29, 1.82) is 0 Å². The van der Waals surface area contributed by atoms with Crippen LogP contribution in [0.1, 0.15) is 36.3 Å². The van der Waals surface area contributed by atoms with Crippen LogP contribution < -0.4 is 0 Å². The van der Waals surface area contributed by atoms with Gasteiger partial charge in [0.25, 0.3) is 0 Å². The number of aryl methyl sites for hydroxylation is 1. The Balaban J connectivity index is 1.95.